The van der Waals surface area contributed by atoms with Crippen molar-refractivity contribution in [2.24, 2.45) is 0 Å². The first kappa shape index (κ1) is 20.6. The van der Waals surface area contributed by atoms with Gasteiger partial charge in [0.05, 0.1) is 16.6 Å². The van der Waals surface area contributed by atoms with Crippen LogP contribution >= 0.6 is 0 Å². The van der Waals surface area contributed by atoms with Gasteiger partial charge < -0.3 is 5.32 Å². The lowest BCUT2D eigenvalue weighted by Gasteiger charge is -2.36. The summed E-state index contributed by atoms with van der Waals surface area (Å²) < 4.78 is 27.7. The van der Waals surface area contributed by atoms with Gasteiger partial charge in [0.15, 0.2) is 0 Å². The number of benzene rings is 2. The fourth-order valence-corrected chi connectivity index (χ4v) is 5.67. The molecule has 4 rings (SSSR count). The maximum Gasteiger partial charge on any atom is 0.329 e. The Morgan fingerprint density at radius 1 is 1.00 bits per heavy atom. The van der Waals surface area contributed by atoms with E-state index in [0.717, 1.165) is 16.0 Å². The maximum atomic E-state index is 13.3. The molecule has 0 aliphatic carbocycles. The lowest BCUT2D eigenvalue weighted by molar-refractivity contribution is -0.122. The molecule has 0 bridgehead atoms. The molecule has 0 radical (unpaired) electrons. The minimum absolute atomic E-state index is 0.145. The number of fused-ring (bicyclic) bond motifs is 1. The summed E-state index contributed by atoms with van der Waals surface area (Å²) in [6.07, 6.45) is 0.396. The number of carbonyl (C=O) groups excluding carboxylic acids is 2. The Balaban J connectivity index is 1.67. The molecule has 2 saturated heterocycles. The highest BCUT2D eigenvalue weighted by atomic mass is 32.2. The van der Waals surface area contributed by atoms with E-state index in [1.807, 2.05) is 19.1 Å². The maximum absolute atomic E-state index is 13.3. The molecule has 30 heavy (non-hydrogen) atoms. The van der Waals surface area contributed by atoms with Gasteiger partial charge in [-0.15, -0.1) is 0 Å². The Kier molecular flexibility index (Phi) is 5.15. The number of urea groups is 1. The summed E-state index contributed by atoms with van der Waals surface area (Å²) >= 11 is 0. The van der Waals surface area contributed by atoms with E-state index in [1.54, 1.807) is 36.4 Å². The Morgan fingerprint density at radius 2 is 1.63 bits per heavy atom. The molecule has 158 valence electrons. The Bertz CT molecular complexity index is 1080. The highest BCUT2D eigenvalue weighted by Crippen LogP contribution is 2.32. The highest BCUT2D eigenvalue weighted by molar-refractivity contribution is 7.89. The lowest BCUT2D eigenvalue weighted by Crippen LogP contribution is -2.64. The monoisotopic (exact) mass is 427 g/mol. The first-order valence-electron chi connectivity index (χ1n) is 10.0. The predicted molar refractivity (Wildman–Crippen MR) is 114 cm³/mol. The van der Waals surface area contributed by atoms with Crippen LogP contribution in [0.3, 0.4) is 0 Å². The second-order valence-electron chi connectivity index (χ2n) is 8.14. The molecule has 2 heterocycles. The summed E-state index contributed by atoms with van der Waals surface area (Å²) in [6.45, 7) is 6.18. The van der Waals surface area contributed by atoms with E-state index in [4.69, 9.17) is 0 Å². The van der Waals surface area contributed by atoms with Gasteiger partial charge in [-0.1, -0.05) is 43.7 Å². The molecule has 2 fully saturated rings. The number of imide groups is 1. The van der Waals surface area contributed by atoms with Crippen molar-refractivity contribution in [2.45, 2.75) is 50.1 Å². The van der Waals surface area contributed by atoms with Gasteiger partial charge in [-0.05, 0) is 49.1 Å². The highest BCUT2D eigenvalue weighted by Gasteiger charge is 2.52. The zero-order valence-electron chi connectivity index (χ0n) is 17.2. The van der Waals surface area contributed by atoms with Crippen LogP contribution in [0, 0.1) is 6.92 Å². The Morgan fingerprint density at radius 3 is 2.23 bits per heavy atom. The fraction of sp³-hybridized carbons (Fsp3) is 0.364. The second kappa shape index (κ2) is 7.52. The SMILES string of the molecule is Cc1ccc(S(=O)(=O)N2CCC3NC(=O)N(c4ccc(C(C)C)cc4)C(=O)C32)cc1. The molecule has 1 N–H and O–H groups in total. The van der Waals surface area contributed by atoms with E-state index in [1.165, 1.54) is 4.31 Å². The average Bonchev–Trinajstić information content (AvgIpc) is 3.13. The molecule has 3 amide bonds. The molecule has 2 aliphatic heterocycles. The van der Waals surface area contributed by atoms with E-state index < -0.39 is 34.0 Å². The van der Waals surface area contributed by atoms with Crippen molar-refractivity contribution < 1.29 is 18.0 Å². The van der Waals surface area contributed by atoms with E-state index in [-0.39, 0.29) is 11.4 Å². The van der Waals surface area contributed by atoms with Gasteiger partial charge >= 0.3 is 6.03 Å². The smallest absolute Gasteiger partial charge is 0.329 e. The van der Waals surface area contributed by atoms with Crippen LogP contribution in [0.1, 0.15) is 37.3 Å². The molecule has 2 aliphatic rings. The standard InChI is InChI=1S/C22H25N3O4S/c1-14(2)16-6-8-17(9-7-16)25-21(26)20-19(23-22(25)27)12-13-24(20)30(28,29)18-10-4-15(3)5-11-18/h4-11,14,19-20H,12-13H2,1-3H3,(H,23,27). The summed E-state index contributed by atoms with van der Waals surface area (Å²) in [7, 11) is -3.87. The molecule has 2 unspecified atom stereocenters. The molecule has 7 nitrogen and oxygen atoms in total. The number of hydrogen-bond donors (Lipinski definition) is 1. The number of anilines is 1. The molecule has 0 saturated carbocycles. The molecular formula is C22H25N3O4S. The number of aryl methyl sites for hydroxylation is 1. The van der Waals surface area contributed by atoms with Crippen LogP contribution in [0.2, 0.25) is 0 Å². The Labute approximate surface area is 176 Å². The van der Waals surface area contributed by atoms with Crippen LogP contribution in [0.25, 0.3) is 0 Å². The molecule has 8 heteroatoms. The summed E-state index contributed by atoms with van der Waals surface area (Å²) in [6, 6.07) is 11.7. The molecule has 2 atom stereocenters. The van der Waals surface area contributed by atoms with Gasteiger partial charge in [0, 0.05) is 6.54 Å². The number of nitrogens with one attached hydrogen (secondary N) is 1. The van der Waals surface area contributed by atoms with Crippen LogP contribution in [0.4, 0.5) is 10.5 Å². The normalized spacial score (nSPS) is 22.3. The number of hydrogen-bond acceptors (Lipinski definition) is 4. The summed E-state index contributed by atoms with van der Waals surface area (Å²) in [4.78, 5) is 27.2. The van der Waals surface area contributed by atoms with Crippen molar-refractivity contribution in [1.82, 2.24) is 9.62 Å². The zero-order chi connectivity index (χ0) is 21.6. The molecule has 0 aromatic heterocycles. The number of sulfonamides is 1. The van der Waals surface area contributed by atoms with Gasteiger partial charge in [-0.3, -0.25) is 4.79 Å². The van der Waals surface area contributed by atoms with E-state index in [9.17, 15) is 18.0 Å². The summed E-state index contributed by atoms with van der Waals surface area (Å²) in [5.41, 5.74) is 2.47. The average molecular weight is 428 g/mol. The number of nitrogens with zero attached hydrogens (tertiary/aromatic N) is 2. The van der Waals surface area contributed by atoms with Crippen molar-refractivity contribution in [3.8, 4) is 0 Å². The van der Waals surface area contributed by atoms with Crippen molar-refractivity contribution in [3.63, 3.8) is 0 Å². The third kappa shape index (κ3) is 3.40. The van der Waals surface area contributed by atoms with Crippen LogP contribution in [-0.4, -0.2) is 43.3 Å². The fourth-order valence-electron chi connectivity index (χ4n) is 4.03. The van der Waals surface area contributed by atoms with Crippen molar-refractivity contribution in [1.29, 1.82) is 0 Å². The Hall–Kier alpha value is -2.71. The number of rotatable bonds is 4. The van der Waals surface area contributed by atoms with Crippen LogP contribution < -0.4 is 10.2 Å². The van der Waals surface area contributed by atoms with E-state index in [2.05, 4.69) is 19.2 Å². The van der Waals surface area contributed by atoms with Crippen LogP contribution in [0.5, 0.6) is 0 Å². The van der Waals surface area contributed by atoms with Crippen molar-refractivity contribution in [3.05, 3.63) is 59.7 Å². The quantitative estimate of drug-likeness (QED) is 0.813. The minimum Gasteiger partial charge on any atom is -0.332 e. The third-order valence-electron chi connectivity index (χ3n) is 5.78. The zero-order valence-corrected chi connectivity index (χ0v) is 18.0. The van der Waals surface area contributed by atoms with Crippen molar-refractivity contribution >= 4 is 27.6 Å². The minimum atomic E-state index is -3.87. The number of amides is 3. The first-order valence-corrected chi connectivity index (χ1v) is 11.5. The topological polar surface area (TPSA) is 86.8 Å². The first-order chi connectivity index (χ1) is 14.2. The van der Waals surface area contributed by atoms with Gasteiger partial charge in [0.25, 0.3) is 5.91 Å². The predicted octanol–water partition coefficient (Wildman–Crippen LogP) is 3.01. The second-order valence-corrected chi connectivity index (χ2v) is 10.0. The van der Waals surface area contributed by atoms with Gasteiger partial charge in [0.2, 0.25) is 10.0 Å². The van der Waals surface area contributed by atoms with E-state index in [0.29, 0.717) is 18.0 Å². The third-order valence-corrected chi connectivity index (χ3v) is 7.68. The molecule has 2 aromatic carbocycles. The van der Waals surface area contributed by atoms with Crippen LogP contribution in [0.15, 0.2) is 53.4 Å². The lowest BCUT2D eigenvalue weighted by atomic mass is 10.0. The van der Waals surface area contributed by atoms with Gasteiger partial charge in [0.1, 0.15) is 6.04 Å². The molecular weight excluding hydrogens is 402 g/mol. The summed E-state index contributed by atoms with van der Waals surface area (Å²) in [5, 5.41) is 2.82. The van der Waals surface area contributed by atoms with Crippen molar-refractivity contribution in [2.75, 3.05) is 11.4 Å². The summed E-state index contributed by atoms with van der Waals surface area (Å²) in [5.74, 6) is -0.200. The van der Waals surface area contributed by atoms with Crippen LogP contribution in [-0.2, 0) is 14.8 Å². The molecule has 2 aromatic rings. The molecule has 0 spiro atoms. The van der Waals surface area contributed by atoms with Gasteiger partial charge in [-0.2, -0.15) is 4.31 Å². The van der Waals surface area contributed by atoms with Gasteiger partial charge in [-0.25, -0.2) is 18.1 Å². The largest absolute Gasteiger partial charge is 0.332 e. The van der Waals surface area contributed by atoms with E-state index >= 15 is 0 Å². The number of carbonyl (C=O) groups is 2.